The highest BCUT2D eigenvalue weighted by Crippen LogP contribution is 2.24. The molecule has 2 aromatic heterocycles. The van der Waals surface area contributed by atoms with Crippen molar-refractivity contribution in [1.29, 1.82) is 0 Å². The summed E-state index contributed by atoms with van der Waals surface area (Å²) < 4.78 is 32.4. The monoisotopic (exact) mass is 389 g/mol. The first kappa shape index (κ1) is 17.1. The van der Waals surface area contributed by atoms with Gasteiger partial charge in [-0.2, -0.15) is 0 Å². The standard InChI is InChI=1S/C18H16ClN3O3S/c19-10-5-11-26(23,24)22-16-8-3-2-7-14(16)20-18(22)12-15-13-6-1-4-9-17(13)25-21-15/h1-4,6-9H,5,10-12H2. The number of benzene rings is 2. The molecule has 0 saturated heterocycles. The Hall–Kier alpha value is -2.38. The second kappa shape index (κ2) is 6.74. The number of hydrogen-bond donors (Lipinski definition) is 0. The number of alkyl halides is 1. The number of nitrogens with zero attached hydrogens (tertiary/aromatic N) is 3. The number of fused-ring (bicyclic) bond motifs is 2. The van der Waals surface area contributed by atoms with Crippen LogP contribution in [0, 0.1) is 0 Å². The van der Waals surface area contributed by atoms with E-state index in [9.17, 15) is 8.42 Å². The first-order chi connectivity index (χ1) is 12.6. The molecule has 4 aromatic rings. The van der Waals surface area contributed by atoms with Gasteiger partial charge < -0.3 is 4.52 Å². The average Bonchev–Trinajstić information content (AvgIpc) is 3.22. The van der Waals surface area contributed by atoms with E-state index in [4.69, 9.17) is 16.1 Å². The van der Waals surface area contributed by atoms with Crippen LogP contribution in [0.25, 0.3) is 22.0 Å². The zero-order chi connectivity index (χ0) is 18.1. The normalized spacial score (nSPS) is 12.2. The Morgan fingerprint density at radius 2 is 1.85 bits per heavy atom. The van der Waals surface area contributed by atoms with Crippen molar-refractivity contribution in [1.82, 2.24) is 14.1 Å². The third-order valence-electron chi connectivity index (χ3n) is 4.18. The number of para-hydroxylation sites is 3. The van der Waals surface area contributed by atoms with Crippen LogP contribution < -0.4 is 0 Å². The van der Waals surface area contributed by atoms with Crippen molar-refractivity contribution in [2.75, 3.05) is 11.6 Å². The minimum absolute atomic E-state index is 0.0383. The molecule has 0 aliphatic rings. The van der Waals surface area contributed by atoms with E-state index in [-0.39, 0.29) is 18.1 Å². The lowest BCUT2D eigenvalue weighted by atomic mass is 10.2. The summed E-state index contributed by atoms with van der Waals surface area (Å²) in [6.45, 7) is 0. The van der Waals surface area contributed by atoms with E-state index in [2.05, 4.69) is 10.1 Å². The maximum Gasteiger partial charge on any atom is 0.240 e. The number of hydrogen-bond acceptors (Lipinski definition) is 5. The SMILES string of the molecule is O=S(=O)(CCCCl)n1c(Cc2noc3ccccc23)nc2ccccc21. The van der Waals surface area contributed by atoms with Gasteiger partial charge >= 0.3 is 0 Å². The zero-order valence-electron chi connectivity index (χ0n) is 13.8. The summed E-state index contributed by atoms with van der Waals surface area (Å²) in [7, 11) is -3.58. The molecular formula is C18H16ClN3O3S. The highest BCUT2D eigenvalue weighted by Gasteiger charge is 2.23. The predicted octanol–water partition coefficient (Wildman–Crippen LogP) is 3.58. The van der Waals surface area contributed by atoms with E-state index in [1.807, 2.05) is 30.3 Å². The maximum atomic E-state index is 12.9. The van der Waals surface area contributed by atoms with Crippen molar-refractivity contribution in [2.24, 2.45) is 0 Å². The van der Waals surface area contributed by atoms with E-state index in [1.165, 1.54) is 3.97 Å². The van der Waals surface area contributed by atoms with Gasteiger partial charge in [0, 0.05) is 11.3 Å². The summed E-state index contributed by atoms with van der Waals surface area (Å²) >= 11 is 5.70. The van der Waals surface area contributed by atoms with Gasteiger partial charge in [0.05, 0.1) is 28.9 Å². The topological polar surface area (TPSA) is 78.0 Å². The van der Waals surface area contributed by atoms with Crippen molar-refractivity contribution >= 4 is 43.6 Å². The molecule has 0 unspecified atom stereocenters. The molecule has 2 heterocycles. The molecule has 26 heavy (non-hydrogen) atoms. The molecule has 0 aliphatic heterocycles. The van der Waals surface area contributed by atoms with Crippen LogP contribution in [0.4, 0.5) is 0 Å². The summed E-state index contributed by atoms with van der Waals surface area (Å²) in [5, 5.41) is 4.95. The quantitative estimate of drug-likeness (QED) is 0.471. The Balaban J connectivity index is 1.85. The van der Waals surface area contributed by atoms with Gasteiger partial charge in [-0.1, -0.05) is 29.4 Å². The lowest BCUT2D eigenvalue weighted by Gasteiger charge is -2.09. The third-order valence-corrected chi connectivity index (χ3v) is 6.21. The first-order valence-corrected chi connectivity index (χ1v) is 10.3. The second-order valence-corrected chi connectivity index (χ2v) is 8.26. The molecule has 0 aliphatic carbocycles. The Morgan fingerprint density at radius 3 is 2.69 bits per heavy atom. The van der Waals surface area contributed by atoms with Gasteiger partial charge in [-0.15, -0.1) is 11.6 Å². The van der Waals surface area contributed by atoms with Crippen LogP contribution in [0.5, 0.6) is 0 Å². The molecule has 134 valence electrons. The predicted molar refractivity (Wildman–Crippen MR) is 101 cm³/mol. The fraction of sp³-hybridized carbons (Fsp3) is 0.222. The fourth-order valence-corrected chi connectivity index (χ4v) is 4.88. The lowest BCUT2D eigenvalue weighted by Crippen LogP contribution is -2.19. The zero-order valence-corrected chi connectivity index (χ0v) is 15.4. The Morgan fingerprint density at radius 1 is 1.08 bits per heavy atom. The molecule has 0 atom stereocenters. The van der Waals surface area contributed by atoms with Crippen molar-refractivity contribution < 1.29 is 12.9 Å². The van der Waals surface area contributed by atoms with Gasteiger partial charge in [-0.05, 0) is 30.7 Å². The Bertz CT molecular complexity index is 1180. The van der Waals surface area contributed by atoms with Gasteiger partial charge in [-0.3, -0.25) is 0 Å². The molecule has 6 nitrogen and oxygen atoms in total. The van der Waals surface area contributed by atoms with E-state index >= 15 is 0 Å². The van der Waals surface area contributed by atoms with Crippen LogP contribution in [0.15, 0.2) is 53.1 Å². The molecule has 4 rings (SSSR count). The largest absolute Gasteiger partial charge is 0.356 e. The van der Waals surface area contributed by atoms with Crippen molar-refractivity contribution in [3.05, 3.63) is 60.0 Å². The summed E-state index contributed by atoms with van der Waals surface area (Å²) in [4.78, 5) is 4.54. The maximum absolute atomic E-state index is 12.9. The number of aromatic nitrogens is 3. The highest BCUT2D eigenvalue weighted by molar-refractivity contribution is 7.90. The summed E-state index contributed by atoms with van der Waals surface area (Å²) in [5.74, 6) is 0.665. The second-order valence-electron chi connectivity index (χ2n) is 5.94. The number of rotatable bonds is 6. The van der Waals surface area contributed by atoms with Crippen molar-refractivity contribution in [2.45, 2.75) is 12.8 Å². The van der Waals surface area contributed by atoms with Crippen molar-refractivity contribution in [3.8, 4) is 0 Å². The van der Waals surface area contributed by atoms with Crippen molar-refractivity contribution in [3.63, 3.8) is 0 Å². The molecule has 0 bridgehead atoms. The van der Waals surface area contributed by atoms with Gasteiger partial charge in [0.25, 0.3) is 0 Å². The molecule has 8 heteroatoms. The van der Waals surface area contributed by atoms with E-state index < -0.39 is 10.0 Å². The molecular weight excluding hydrogens is 374 g/mol. The Labute approximate surface area is 155 Å². The molecule has 0 fully saturated rings. The molecule has 0 radical (unpaired) electrons. The number of imidazole rings is 1. The number of halogens is 1. The van der Waals surface area contributed by atoms with Gasteiger partial charge in [0.1, 0.15) is 5.82 Å². The van der Waals surface area contributed by atoms with Crippen LogP contribution in [-0.4, -0.2) is 34.2 Å². The molecule has 0 saturated carbocycles. The highest BCUT2D eigenvalue weighted by atomic mass is 35.5. The van der Waals surface area contributed by atoms with Crippen LogP contribution in [0.2, 0.25) is 0 Å². The average molecular weight is 390 g/mol. The van der Waals surface area contributed by atoms with Crippen LogP contribution in [0.3, 0.4) is 0 Å². The molecule has 0 amide bonds. The van der Waals surface area contributed by atoms with E-state index in [1.54, 1.807) is 18.2 Å². The van der Waals surface area contributed by atoms with Crippen LogP contribution >= 0.6 is 11.6 Å². The minimum atomic E-state index is -3.58. The smallest absolute Gasteiger partial charge is 0.240 e. The summed E-state index contributed by atoms with van der Waals surface area (Å²) in [6, 6.07) is 14.7. The van der Waals surface area contributed by atoms with Gasteiger partial charge in [-0.25, -0.2) is 17.4 Å². The van der Waals surface area contributed by atoms with E-state index in [0.29, 0.717) is 34.6 Å². The van der Waals surface area contributed by atoms with Gasteiger partial charge in [0.2, 0.25) is 10.0 Å². The van der Waals surface area contributed by atoms with Gasteiger partial charge in [0.15, 0.2) is 5.58 Å². The summed E-state index contributed by atoms with van der Waals surface area (Å²) in [6.07, 6.45) is 0.633. The van der Waals surface area contributed by atoms with Crippen LogP contribution in [-0.2, 0) is 16.4 Å². The first-order valence-electron chi connectivity index (χ1n) is 8.19. The van der Waals surface area contributed by atoms with Crippen LogP contribution in [0.1, 0.15) is 17.9 Å². The third kappa shape index (κ3) is 2.97. The fourth-order valence-electron chi connectivity index (χ4n) is 3.02. The summed E-state index contributed by atoms with van der Waals surface area (Å²) in [5.41, 5.74) is 2.51. The molecule has 2 aromatic carbocycles. The Kier molecular flexibility index (Phi) is 4.42. The van der Waals surface area contributed by atoms with E-state index in [0.717, 1.165) is 5.39 Å². The molecule has 0 N–H and O–H groups in total. The minimum Gasteiger partial charge on any atom is -0.356 e. The molecule has 0 spiro atoms. The lowest BCUT2D eigenvalue weighted by molar-refractivity contribution is 0.447.